The predicted molar refractivity (Wildman–Crippen MR) is 117 cm³/mol. The molecular formula is C22H26BrN3O3. The van der Waals surface area contributed by atoms with Crippen LogP contribution in [-0.2, 0) is 11.3 Å². The average molecular weight is 460 g/mol. The fourth-order valence-corrected chi connectivity index (χ4v) is 3.62. The molecule has 1 N–H and O–H groups in total. The molecule has 2 aromatic rings. The van der Waals surface area contributed by atoms with Crippen molar-refractivity contribution in [3.63, 3.8) is 0 Å². The van der Waals surface area contributed by atoms with E-state index in [1.807, 2.05) is 36.4 Å². The highest BCUT2D eigenvalue weighted by atomic mass is 79.9. The van der Waals surface area contributed by atoms with Gasteiger partial charge in [-0.2, -0.15) is 5.10 Å². The highest BCUT2D eigenvalue weighted by Gasteiger charge is 2.14. The molecule has 1 saturated heterocycles. The fraction of sp³-hybridized carbons (Fsp3) is 0.364. The summed E-state index contributed by atoms with van der Waals surface area (Å²) in [4.78, 5) is 14.5. The summed E-state index contributed by atoms with van der Waals surface area (Å²) >= 11 is 3.53. The van der Waals surface area contributed by atoms with Crippen molar-refractivity contribution >= 4 is 28.1 Å². The van der Waals surface area contributed by atoms with E-state index in [2.05, 4.69) is 37.4 Å². The van der Waals surface area contributed by atoms with Gasteiger partial charge >= 0.3 is 0 Å². The maximum Gasteiger partial charge on any atom is 0.277 e. The van der Waals surface area contributed by atoms with Gasteiger partial charge in [-0.15, -0.1) is 0 Å². The molecule has 1 aliphatic rings. The van der Waals surface area contributed by atoms with Crippen LogP contribution in [0, 0.1) is 0 Å². The summed E-state index contributed by atoms with van der Waals surface area (Å²) < 4.78 is 11.9. The third kappa shape index (κ3) is 6.87. The van der Waals surface area contributed by atoms with E-state index in [4.69, 9.17) is 9.47 Å². The maximum atomic E-state index is 12.1. The summed E-state index contributed by atoms with van der Waals surface area (Å²) in [5, 5.41) is 3.98. The minimum atomic E-state index is -0.304. The molecule has 29 heavy (non-hydrogen) atoms. The van der Waals surface area contributed by atoms with Crippen LogP contribution in [0.15, 0.2) is 52.0 Å². The molecule has 0 aromatic heterocycles. The zero-order valence-corrected chi connectivity index (χ0v) is 18.2. The minimum absolute atomic E-state index is 0.0887. The van der Waals surface area contributed by atoms with Crippen LogP contribution < -0.4 is 14.9 Å². The summed E-state index contributed by atoms with van der Waals surface area (Å²) in [6.07, 6.45) is 5.35. The summed E-state index contributed by atoms with van der Waals surface area (Å²) in [6.45, 7) is 2.94. The van der Waals surface area contributed by atoms with Gasteiger partial charge in [0.15, 0.2) is 6.61 Å². The second-order valence-electron chi connectivity index (χ2n) is 6.94. The molecule has 0 aliphatic carbocycles. The van der Waals surface area contributed by atoms with Crippen LogP contribution in [0.25, 0.3) is 0 Å². The average Bonchev–Trinajstić information content (AvgIpc) is 2.74. The Bertz CT molecular complexity index is 834. The standard InChI is InChI=1S/C22H26BrN3O3/c1-28-20-8-5-17(6-9-20)14-24-25-22(27)16-29-21-10-7-19(23)13-18(21)15-26-11-3-2-4-12-26/h5-10,13-14H,2-4,11-12,15-16H2,1H3,(H,25,27)/b24-14-. The van der Waals surface area contributed by atoms with Gasteiger partial charge in [0.2, 0.25) is 0 Å². The molecule has 2 aromatic carbocycles. The first-order valence-corrected chi connectivity index (χ1v) is 10.5. The van der Waals surface area contributed by atoms with Gasteiger partial charge < -0.3 is 9.47 Å². The first-order chi connectivity index (χ1) is 14.1. The molecule has 0 radical (unpaired) electrons. The number of piperidine rings is 1. The number of benzene rings is 2. The second kappa shape index (κ2) is 11.0. The van der Waals surface area contributed by atoms with E-state index >= 15 is 0 Å². The molecule has 7 heteroatoms. The Morgan fingerprint density at radius 1 is 1.17 bits per heavy atom. The molecule has 1 fully saturated rings. The Hall–Kier alpha value is -2.38. The second-order valence-corrected chi connectivity index (χ2v) is 7.86. The number of amides is 1. The van der Waals surface area contributed by atoms with E-state index in [0.29, 0.717) is 0 Å². The Labute approximate surface area is 180 Å². The fourth-order valence-electron chi connectivity index (χ4n) is 3.22. The zero-order valence-electron chi connectivity index (χ0n) is 16.6. The van der Waals surface area contributed by atoms with Crippen LogP contribution in [0.2, 0.25) is 0 Å². The summed E-state index contributed by atoms with van der Waals surface area (Å²) in [5.41, 5.74) is 4.44. The topological polar surface area (TPSA) is 63.2 Å². The van der Waals surface area contributed by atoms with Crippen molar-refractivity contribution in [2.45, 2.75) is 25.8 Å². The van der Waals surface area contributed by atoms with Gasteiger partial charge in [-0.3, -0.25) is 9.69 Å². The van der Waals surface area contributed by atoms with E-state index in [1.54, 1.807) is 13.3 Å². The lowest BCUT2D eigenvalue weighted by Gasteiger charge is -2.27. The van der Waals surface area contributed by atoms with Crippen molar-refractivity contribution in [2.24, 2.45) is 5.10 Å². The lowest BCUT2D eigenvalue weighted by Crippen LogP contribution is -2.29. The Kier molecular flexibility index (Phi) is 8.07. The quantitative estimate of drug-likeness (QED) is 0.479. The summed E-state index contributed by atoms with van der Waals surface area (Å²) in [6, 6.07) is 13.3. The van der Waals surface area contributed by atoms with E-state index in [1.165, 1.54) is 19.3 Å². The summed E-state index contributed by atoms with van der Waals surface area (Å²) in [7, 11) is 1.62. The van der Waals surface area contributed by atoms with Crippen LogP contribution in [0.5, 0.6) is 11.5 Å². The molecule has 0 atom stereocenters. The smallest absolute Gasteiger partial charge is 0.277 e. The normalized spacial score (nSPS) is 14.7. The van der Waals surface area contributed by atoms with Crippen molar-refractivity contribution in [3.8, 4) is 11.5 Å². The molecule has 0 spiro atoms. The van der Waals surface area contributed by atoms with Crippen molar-refractivity contribution in [1.29, 1.82) is 0 Å². The number of halogens is 1. The van der Waals surface area contributed by atoms with Gasteiger partial charge in [0.25, 0.3) is 5.91 Å². The third-order valence-corrected chi connectivity index (χ3v) is 5.24. The van der Waals surface area contributed by atoms with Crippen LogP contribution in [0.4, 0.5) is 0 Å². The maximum absolute atomic E-state index is 12.1. The van der Waals surface area contributed by atoms with Gasteiger partial charge in [0.1, 0.15) is 11.5 Å². The van der Waals surface area contributed by atoms with Crippen molar-refractivity contribution in [1.82, 2.24) is 10.3 Å². The largest absolute Gasteiger partial charge is 0.497 e. The molecule has 0 bridgehead atoms. The lowest BCUT2D eigenvalue weighted by atomic mass is 10.1. The van der Waals surface area contributed by atoms with Gasteiger partial charge in [-0.25, -0.2) is 5.43 Å². The minimum Gasteiger partial charge on any atom is -0.497 e. The number of rotatable bonds is 8. The number of hydrogen-bond acceptors (Lipinski definition) is 5. The number of methoxy groups -OCH3 is 1. The van der Waals surface area contributed by atoms with Crippen molar-refractivity contribution < 1.29 is 14.3 Å². The molecule has 1 aliphatic heterocycles. The van der Waals surface area contributed by atoms with Crippen LogP contribution in [0.3, 0.4) is 0 Å². The van der Waals surface area contributed by atoms with Crippen LogP contribution in [0.1, 0.15) is 30.4 Å². The van der Waals surface area contributed by atoms with E-state index in [0.717, 1.165) is 46.7 Å². The van der Waals surface area contributed by atoms with Gasteiger partial charge in [-0.1, -0.05) is 22.4 Å². The first kappa shape index (κ1) is 21.3. The predicted octanol–water partition coefficient (Wildman–Crippen LogP) is 3.97. The number of nitrogens with zero attached hydrogens (tertiary/aromatic N) is 2. The zero-order chi connectivity index (χ0) is 20.5. The number of carbonyl (C=O) groups is 1. The summed E-state index contributed by atoms with van der Waals surface area (Å²) in [5.74, 6) is 1.20. The molecule has 0 saturated carbocycles. The Morgan fingerprint density at radius 2 is 1.93 bits per heavy atom. The van der Waals surface area contributed by atoms with E-state index < -0.39 is 0 Å². The SMILES string of the molecule is COc1ccc(/C=N\NC(=O)COc2ccc(Br)cc2CN2CCCCC2)cc1. The number of hydrogen-bond donors (Lipinski definition) is 1. The molecule has 1 amide bonds. The van der Waals surface area contributed by atoms with E-state index in [-0.39, 0.29) is 12.5 Å². The van der Waals surface area contributed by atoms with Crippen molar-refractivity contribution in [2.75, 3.05) is 26.8 Å². The number of nitrogens with one attached hydrogen (secondary N) is 1. The van der Waals surface area contributed by atoms with Gasteiger partial charge in [-0.05, 0) is 74.0 Å². The number of hydrazone groups is 1. The molecule has 1 heterocycles. The third-order valence-electron chi connectivity index (χ3n) is 4.74. The number of ether oxygens (including phenoxy) is 2. The molecular weight excluding hydrogens is 434 g/mol. The number of likely N-dealkylation sites (tertiary alicyclic amines) is 1. The first-order valence-electron chi connectivity index (χ1n) is 9.73. The molecule has 6 nitrogen and oxygen atoms in total. The van der Waals surface area contributed by atoms with E-state index in [9.17, 15) is 4.79 Å². The molecule has 3 rings (SSSR count). The van der Waals surface area contributed by atoms with Gasteiger partial charge in [0.05, 0.1) is 13.3 Å². The molecule has 0 unspecified atom stereocenters. The Morgan fingerprint density at radius 3 is 2.66 bits per heavy atom. The van der Waals surface area contributed by atoms with Crippen LogP contribution >= 0.6 is 15.9 Å². The highest BCUT2D eigenvalue weighted by Crippen LogP contribution is 2.26. The number of carbonyl (C=O) groups excluding carboxylic acids is 1. The van der Waals surface area contributed by atoms with Gasteiger partial charge in [0, 0.05) is 16.6 Å². The van der Waals surface area contributed by atoms with Crippen molar-refractivity contribution in [3.05, 3.63) is 58.1 Å². The molecule has 154 valence electrons. The Balaban J connectivity index is 1.51. The monoisotopic (exact) mass is 459 g/mol. The highest BCUT2D eigenvalue weighted by molar-refractivity contribution is 9.10. The lowest BCUT2D eigenvalue weighted by molar-refractivity contribution is -0.123. The van der Waals surface area contributed by atoms with Crippen LogP contribution in [-0.4, -0.2) is 43.8 Å².